The van der Waals surface area contributed by atoms with E-state index in [-0.39, 0.29) is 29.9 Å². The van der Waals surface area contributed by atoms with E-state index < -0.39 is 0 Å². The molecule has 2 heterocycles. The lowest BCUT2D eigenvalue weighted by atomic mass is 10.2. The Kier molecular flexibility index (Phi) is 6.99. The van der Waals surface area contributed by atoms with E-state index in [9.17, 15) is 9.59 Å². The van der Waals surface area contributed by atoms with Crippen LogP contribution in [0.4, 0.5) is 4.79 Å². The molecular weight excluding hydrogens is 346 g/mol. The molecule has 0 radical (unpaired) electrons. The summed E-state index contributed by atoms with van der Waals surface area (Å²) in [6.45, 7) is 4.28. The first-order chi connectivity index (χ1) is 11.6. The van der Waals surface area contributed by atoms with Crippen LogP contribution in [0, 0.1) is 0 Å². The van der Waals surface area contributed by atoms with E-state index in [2.05, 4.69) is 29.5 Å². The van der Waals surface area contributed by atoms with Crippen LogP contribution in [0.5, 0.6) is 0 Å². The number of nitrogens with zero attached hydrogens (tertiary/aromatic N) is 2. The number of nitrogens with one attached hydrogen (secondary N) is 1. The molecule has 1 aliphatic rings. The van der Waals surface area contributed by atoms with Crippen LogP contribution in [0.3, 0.4) is 0 Å². The fourth-order valence-electron chi connectivity index (χ4n) is 2.48. The van der Waals surface area contributed by atoms with E-state index in [1.165, 1.54) is 11.8 Å². The van der Waals surface area contributed by atoms with Crippen molar-refractivity contribution in [2.45, 2.75) is 22.7 Å². The SMILES string of the molecule is C=CCOC(=O)N1C[C@@H](S)C[C@H]1CSc1ncccc1C(=O)NC. The van der Waals surface area contributed by atoms with Crippen molar-refractivity contribution in [3.8, 4) is 0 Å². The van der Waals surface area contributed by atoms with E-state index in [0.29, 0.717) is 22.9 Å². The minimum atomic E-state index is -0.357. The van der Waals surface area contributed by atoms with Crippen molar-refractivity contribution in [3.05, 3.63) is 36.5 Å². The van der Waals surface area contributed by atoms with E-state index in [1.807, 2.05) is 0 Å². The van der Waals surface area contributed by atoms with Gasteiger partial charge in [-0.1, -0.05) is 12.7 Å². The zero-order valence-corrected chi connectivity index (χ0v) is 15.2. The number of hydrogen-bond donors (Lipinski definition) is 2. The second kappa shape index (κ2) is 8.98. The predicted molar refractivity (Wildman–Crippen MR) is 97.8 cm³/mol. The Hall–Kier alpha value is -1.67. The topological polar surface area (TPSA) is 71.5 Å². The molecule has 6 nitrogen and oxygen atoms in total. The quantitative estimate of drug-likeness (QED) is 0.458. The Balaban J connectivity index is 2.03. The molecular formula is C16H21N3O3S2. The zero-order chi connectivity index (χ0) is 17.5. The summed E-state index contributed by atoms with van der Waals surface area (Å²) < 4.78 is 5.13. The first kappa shape index (κ1) is 18.7. The number of hydrogen-bond acceptors (Lipinski definition) is 6. The highest BCUT2D eigenvalue weighted by atomic mass is 32.2. The summed E-state index contributed by atoms with van der Waals surface area (Å²) >= 11 is 5.95. The maximum Gasteiger partial charge on any atom is 0.410 e. The van der Waals surface area contributed by atoms with Crippen LogP contribution in [0.25, 0.3) is 0 Å². The molecule has 1 fully saturated rings. The van der Waals surface area contributed by atoms with Crippen molar-refractivity contribution >= 4 is 36.4 Å². The minimum Gasteiger partial charge on any atom is -0.445 e. The zero-order valence-electron chi connectivity index (χ0n) is 13.5. The lowest BCUT2D eigenvalue weighted by Crippen LogP contribution is -2.37. The molecule has 0 aliphatic carbocycles. The smallest absolute Gasteiger partial charge is 0.410 e. The van der Waals surface area contributed by atoms with Crippen LogP contribution in [-0.2, 0) is 4.74 Å². The fraction of sp³-hybridized carbons (Fsp3) is 0.438. The molecule has 1 saturated heterocycles. The number of ether oxygens (including phenoxy) is 1. The van der Waals surface area contributed by atoms with E-state index in [0.717, 1.165) is 6.42 Å². The number of rotatable bonds is 6. The molecule has 2 amide bonds. The molecule has 0 spiro atoms. The van der Waals surface area contributed by atoms with Gasteiger partial charge in [0.05, 0.1) is 5.56 Å². The molecule has 0 saturated carbocycles. The lowest BCUT2D eigenvalue weighted by Gasteiger charge is -2.23. The molecule has 0 bridgehead atoms. The number of aromatic nitrogens is 1. The van der Waals surface area contributed by atoms with Crippen molar-refractivity contribution in [2.75, 3.05) is 26.0 Å². The second-order valence-electron chi connectivity index (χ2n) is 5.31. The second-order valence-corrected chi connectivity index (χ2v) is 7.05. The van der Waals surface area contributed by atoms with Gasteiger partial charge in [-0.15, -0.1) is 11.8 Å². The Bertz CT molecular complexity index is 612. The number of thiol groups is 1. The van der Waals surface area contributed by atoms with Gasteiger partial charge in [0.2, 0.25) is 0 Å². The molecule has 1 aliphatic heterocycles. The van der Waals surface area contributed by atoms with Crippen molar-refractivity contribution in [2.24, 2.45) is 0 Å². The largest absolute Gasteiger partial charge is 0.445 e. The van der Waals surface area contributed by atoms with Gasteiger partial charge in [-0.25, -0.2) is 9.78 Å². The standard InChI is InChI=1S/C16H21N3O3S2/c1-3-7-22-16(21)19-9-12(23)8-11(19)10-24-15-13(14(20)17-2)5-4-6-18-15/h3-6,11-12,23H,1,7-10H2,2H3,(H,17,20)/t11-,12-/m0/s1. The molecule has 8 heteroatoms. The number of thioether (sulfide) groups is 1. The van der Waals surface area contributed by atoms with Crippen LogP contribution in [0.15, 0.2) is 36.0 Å². The van der Waals surface area contributed by atoms with Crippen LogP contribution >= 0.6 is 24.4 Å². The third kappa shape index (κ3) is 4.67. The monoisotopic (exact) mass is 367 g/mol. The highest BCUT2D eigenvalue weighted by Crippen LogP contribution is 2.29. The summed E-state index contributed by atoms with van der Waals surface area (Å²) in [7, 11) is 1.59. The summed E-state index contributed by atoms with van der Waals surface area (Å²) in [6.07, 6.45) is 3.62. The maximum atomic E-state index is 12.1. The van der Waals surface area contributed by atoms with Crippen molar-refractivity contribution < 1.29 is 14.3 Å². The van der Waals surface area contributed by atoms with Gasteiger partial charge in [-0.3, -0.25) is 4.79 Å². The summed E-state index contributed by atoms with van der Waals surface area (Å²) in [5, 5.41) is 3.38. The number of likely N-dealkylation sites (tertiary alicyclic amines) is 1. The number of amides is 2. The highest BCUT2D eigenvalue weighted by Gasteiger charge is 2.34. The van der Waals surface area contributed by atoms with E-state index in [1.54, 1.807) is 36.4 Å². The minimum absolute atomic E-state index is 0.00522. The van der Waals surface area contributed by atoms with Crippen molar-refractivity contribution in [1.29, 1.82) is 0 Å². The average molecular weight is 367 g/mol. The number of carbonyl (C=O) groups excluding carboxylic acids is 2. The number of carbonyl (C=O) groups is 2. The predicted octanol–water partition coefficient (Wildman–Crippen LogP) is 2.23. The molecule has 0 unspecified atom stereocenters. The lowest BCUT2D eigenvalue weighted by molar-refractivity contribution is 0.0959. The first-order valence-corrected chi connectivity index (χ1v) is 9.09. The van der Waals surface area contributed by atoms with Crippen LogP contribution in [0.2, 0.25) is 0 Å². The van der Waals surface area contributed by atoms with Crippen molar-refractivity contribution in [3.63, 3.8) is 0 Å². The maximum absolute atomic E-state index is 12.1. The fourth-order valence-corrected chi connectivity index (χ4v) is 4.01. The molecule has 0 aromatic carbocycles. The molecule has 1 aromatic rings. The highest BCUT2D eigenvalue weighted by molar-refractivity contribution is 7.99. The van der Waals surface area contributed by atoms with Gasteiger partial charge >= 0.3 is 6.09 Å². The Morgan fingerprint density at radius 1 is 1.62 bits per heavy atom. The summed E-state index contributed by atoms with van der Waals surface area (Å²) in [5.74, 6) is 0.452. The van der Waals surface area contributed by atoms with Crippen LogP contribution in [0.1, 0.15) is 16.8 Å². The van der Waals surface area contributed by atoms with Crippen molar-refractivity contribution in [1.82, 2.24) is 15.2 Å². The van der Waals surface area contributed by atoms with Crippen LogP contribution < -0.4 is 5.32 Å². The third-order valence-corrected chi connectivity index (χ3v) is 5.13. The first-order valence-electron chi connectivity index (χ1n) is 7.59. The van der Waals surface area contributed by atoms with Gasteiger partial charge in [-0.2, -0.15) is 12.6 Å². The summed E-state index contributed by atoms with van der Waals surface area (Å²) in [6, 6.07) is 3.46. The molecule has 2 rings (SSSR count). The molecule has 1 aromatic heterocycles. The van der Waals surface area contributed by atoms with Gasteiger partial charge in [0.15, 0.2) is 0 Å². The van der Waals surface area contributed by atoms with Crippen LogP contribution in [-0.4, -0.2) is 59.1 Å². The normalized spacial score (nSPS) is 19.8. The summed E-state index contributed by atoms with van der Waals surface area (Å²) in [4.78, 5) is 30.0. The van der Waals surface area contributed by atoms with Gasteiger partial charge < -0.3 is 15.0 Å². The Morgan fingerprint density at radius 2 is 2.42 bits per heavy atom. The molecule has 1 N–H and O–H groups in total. The molecule has 130 valence electrons. The van der Waals surface area contributed by atoms with E-state index in [4.69, 9.17) is 4.74 Å². The van der Waals surface area contributed by atoms with E-state index >= 15 is 0 Å². The molecule has 2 atom stereocenters. The average Bonchev–Trinajstić information content (AvgIpc) is 2.98. The third-order valence-electron chi connectivity index (χ3n) is 3.61. The Labute approximate surface area is 151 Å². The van der Waals surface area contributed by atoms with Gasteiger partial charge in [0.25, 0.3) is 5.91 Å². The number of pyridine rings is 1. The van der Waals surface area contributed by atoms with Gasteiger partial charge in [0, 0.05) is 36.8 Å². The van der Waals surface area contributed by atoms with Gasteiger partial charge in [0.1, 0.15) is 11.6 Å². The Morgan fingerprint density at radius 3 is 3.12 bits per heavy atom. The summed E-state index contributed by atoms with van der Waals surface area (Å²) in [5.41, 5.74) is 0.534. The molecule has 24 heavy (non-hydrogen) atoms. The van der Waals surface area contributed by atoms with Gasteiger partial charge in [-0.05, 0) is 18.6 Å².